The molecule has 0 spiro atoms. The van der Waals surface area contributed by atoms with Crippen LogP contribution in [0.25, 0.3) is 16.8 Å². The van der Waals surface area contributed by atoms with Crippen LogP contribution in [-0.4, -0.2) is 9.55 Å². The molecular weight excluding hydrogens is 376 g/mol. The Morgan fingerprint density at radius 3 is 2.48 bits per heavy atom. The molecule has 0 bridgehead atoms. The largest absolute Gasteiger partial charge is 0.454 e. The van der Waals surface area contributed by atoms with Crippen molar-refractivity contribution >= 4 is 5.82 Å². The maximum Gasteiger partial charge on any atom is 0.262 e. The first-order chi connectivity index (χ1) is 14.0. The van der Waals surface area contributed by atoms with Gasteiger partial charge in [-0.25, -0.2) is 13.8 Å². The van der Waals surface area contributed by atoms with Gasteiger partial charge in [0.05, 0.1) is 0 Å². The van der Waals surface area contributed by atoms with E-state index in [1.54, 1.807) is 30.5 Å². The van der Waals surface area contributed by atoms with Crippen molar-refractivity contribution in [2.45, 2.75) is 0 Å². The minimum absolute atomic E-state index is 0.00542. The van der Waals surface area contributed by atoms with Gasteiger partial charge in [-0.05, 0) is 60.2 Å². The zero-order chi connectivity index (χ0) is 20.4. The molecule has 4 rings (SSSR count). The summed E-state index contributed by atoms with van der Waals surface area (Å²) in [7, 11) is 0. The fraction of sp³-hybridized carbons (Fsp3) is 0. The predicted octanol–water partition coefficient (Wildman–Crippen LogP) is 4.55. The third kappa shape index (κ3) is 3.84. The number of benzene rings is 2. The molecule has 0 amide bonds. The molecule has 2 aromatic carbocycles. The van der Waals surface area contributed by atoms with E-state index in [1.165, 1.54) is 53.2 Å². The van der Waals surface area contributed by atoms with E-state index in [0.717, 1.165) is 0 Å². The highest BCUT2D eigenvalue weighted by Gasteiger charge is 2.12. The van der Waals surface area contributed by atoms with Crippen LogP contribution in [0.3, 0.4) is 0 Å². The molecule has 29 heavy (non-hydrogen) atoms. The fourth-order valence-corrected chi connectivity index (χ4v) is 2.89. The number of ether oxygens (including phenoxy) is 1. The molecule has 0 aliphatic carbocycles. The van der Waals surface area contributed by atoms with Crippen molar-refractivity contribution in [1.29, 1.82) is 0 Å². The van der Waals surface area contributed by atoms with Gasteiger partial charge in [-0.2, -0.15) is 0 Å². The Bertz CT molecular complexity index is 1240. The molecule has 0 radical (unpaired) electrons. The quantitative estimate of drug-likeness (QED) is 0.554. The molecule has 0 saturated carbocycles. The molecule has 0 fully saturated rings. The summed E-state index contributed by atoms with van der Waals surface area (Å²) in [4.78, 5) is 16.7. The minimum atomic E-state index is -0.630. The van der Waals surface area contributed by atoms with Gasteiger partial charge in [-0.3, -0.25) is 9.36 Å². The minimum Gasteiger partial charge on any atom is -0.454 e. The molecule has 144 valence electrons. The van der Waals surface area contributed by atoms with E-state index >= 15 is 0 Å². The Kier molecular flexibility index (Phi) is 4.78. The highest BCUT2D eigenvalue weighted by molar-refractivity contribution is 5.64. The Morgan fingerprint density at radius 2 is 1.76 bits per heavy atom. The lowest BCUT2D eigenvalue weighted by Gasteiger charge is -2.10. The summed E-state index contributed by atoms with van der Waals surface area (Å²) < 4.78 is 34.6. The molecule has 4 aromatic rings. The molecule has 0 aliphatic rings. The normalized spacial score (nSPS) is 10.7. The van der Waals surface area contributed by atoms with Crippen molar-refractivity contribution in [1.82, 2.24) is 9.55 Å². The smallest absolute Gasteiger partial charge is 0.262 e. The molecule has 0 saturated heterocycles. The van der Waals surface area contributed by atoms with E-state index in [4.69, 9.17) is 10.5 Å². The van der Waals surface area contributed by atoms with E-state index < -0.39 is 11.6 Å². The molecule has 0 atom stereocenters. The summed E-state index contributed by atoms with van der Waals surface area (Å²) in [6, 6.07) is 16.1. The van der Waals surface area contributed by atoms with Gasteiger partial charge >= 0.3 is 0 Å². The van der Waals surface area contributed by atoms with Crippen molar-refractivity contribution in [3.63, 3.8) is 0 Å². The summed E-state index contributed by atoms with van der Waals surface area (Å²) in [6.45, 7) is 0. The van der Waals surface area contributed by atoms with E-state index in [0.29, 0.717) is 22.6 Å². The van der Waals surface area contributed by atoms with Gasteiger partial charge in [0.15, 0.2) is 11.6 Å². The van der Waals surface area contributed by atoms with Gasteiger partial charge in [0.1, 0.15) is 17.4 Å². The van der Waals surface area contributed by atoms with Crippen molar-refractivity contribution in [2.75, 3.05) is 5.73 Å². The maximum atomic E-state index is 14.6. The number of nitrogen functional groups attached to an aromatic ring is 1. The summed E-state index contributed by atoms with van der Waals surface area (Å²) in [6.07, 6.45) is 3.03. The topological polar surface area (TPSA) is 70.1 Å². The molecule has 2 N–H and O–H groups in total. The molecule has 5 nitrogen and oxygen atoms in total. The molecule has 0 unspecified atom stereocenters. The number of hydrogen-bond donors (Lipinski definition) is 1. The number of hydrogen-bond acceptors (Lipinski definition) is 4. The summed E-state index contributed by atoms with van der Waals surface area (Å²) in [5, 5.41) is 0. The lowest BCUT2D eigenvalue weighted by Crippen LogP contribution is -2.19. The Balaban J connectivity index is 1.69. The highest BCUT2D eigenvalue weighted by Crippen LogP contribution is 2.28. The highest BCUT2D eigenvalue weighted by atomic mass is 19.1. The van der Waals surface area contributed by atoms with Crippen molar-refractivity contribution in [3.8, 4) is 28.3 Å². The van der Waals surface area contributed by atoms with Crippen LogP contribution in [0.4, 0.5) is 14.6 Å². The van der Waals surface area contributed by atoms with Gasteiger partial charge in [0, 0.05) is 29.7 Å². The number of anilines is 1. The molecule has 2 aromatic heterocycles. The number of nitrogens with zero attached hydrogens (tertiary/aromatic N) is 2. The standard InChI is InChI=1S/C22H15F2N3O2/c23-15-4-6-16(7-5-15)27-11-1-2-18(22(27)28)14-3-8-20(19(24)12-14)29-17-9-10-26-21(25)13-17/h1-13H,(H2,25,26). The van der Waals surface area contributed by atoms with Crippen LogP contribution in [-0.2, 0) is 0 Å². The van der Waals surface area contributed by atoms with Gasteiger partial charge in [-0.1, -0.05) is 6.07 Å². The van der Waals surface area contributed by atoms with Gasteiger partial charge in [0.25, 0.3) is 5.56 Å². The van der Waals surface area contributed by atoms with Crippen LogP contribution >= 0.6 is 0 Å². The van der Waals surface area contributed by atoms with Gasteiger partial charge in [0.2, 0.25) is 0 Å². The van der Waals surface area contributed by atoms with E-state index in [9.17, 15) is 13.6 Å². The van der Waals surface area contributed by atoms with Gasteiger partial charge in [-0.15, -0.1) is 0 Å². The number of aromatic nitrogens is 2. The molecule has 0 aliphatic heterocycles. The second-order valence-electron chi connectivity index (χ2n) is 6.24. The van der Waals surface area contributed by atoms with Gasteiger partial charge < -0.3 is 10.5 Å². The summed E-state index contributed by atoms with van der Waals surface area (Å²) >= 11 is 0. The Hall–Kier alpha value is -4.00. The number of halogens is 2. The van der Waals surface area contributed by atoms with Crippen LogP contribution in [0.15, 0.2) is 83.9 Å². The van der Waals surface area contributed by atoms with Crippen LogP contribution in [0.5, 0.6) is 11.5 Å². The maximum absolute atomic E-state index is 14.6. The molecule has 7 heteroatoms. The third-order valence-electron chi connectivity index (χ3n) is 4.28. The zero-order valence-electron chi connectivity index (χ0n) is 15.0. The lowest BCUT2D eigenvalue weighted by atomic mass is 10.1. The third-order valence-corrected chi connectivity index (χ3v) is 4.28. The van der Waals surface area contributed by atoms with Crippen molar-refractivity contribution in [2.24, 2.45) is 0 Å². The monoisotopic (exact) mass is 391 g/mol. The first-order valence-electron chi connectivity index (χ1n) is 8.68. The SMILES string of the molecule is Nc1cc(Oc2ccc(-c3cccn(-c4ccc(F)cc4)c3=O)cc2F)ccn1. The first kappa shape index (κ1) is 18.4. The Morgan fingerprint density at radius 1 is 0.966 bits per heavy atom. The summed E-state index contributed by atoms with van der Waals surface area (Å²) in [5.74, 6) is -0.428. The second kappa shape index (κ2) is 7.55. The zero-order valence-corrected chi connectivity index (χ0v) is 15.0. The molecule has 2 heterocycles. The van der Waals surface area contributed by atoms with Crippen LogP contribution in [0.1, 0.15) is 0 Å². The molecular formula is C22H15F2N3O2. The predicted molar refractivity (Wildman–Crippen MR) is 106 cm³/mol. The Labute approximate surface area is 164 Å². The average molecular weight is 391 g/mol. The number of pyridine rings is 2. The van der Waals surface area contributed by atoms with Crippen molar-refractivity contribution < 1.29 is 13.5 Å². The fourth-order valence-electron chi connectivity index (χ4n) is 2.89. The summed E-state index contributed by atoms with van der Waals surface area (Å²) in [5.41, 5.74) is 6.45. The number of nitrogens with two attached hydrogens (primary N) is 1. The van der Waals surface area contributed by atoms with Crippen LogP contribution in [0.2, 0.25) is 0 Å². The second-order valence-corrected chi connectivity index (χ2v) is 6.24. The van der Waals surface area contributed by atoms with E-state index in [1.807, 2.05) is 0 Å². The number of rotatable bonds is 4. The first-order valence-corrected chi connectivity index (χ1v) is 8.68. The lowest BCUT2D eigenvalue weighted by molar-refractivity contribution is 0.442. The van der Waals surface area contributed by atoms with Crippen LogP contribution < -0.4 is 16.0 Å². The average Bonchev–Trinajstić information content (AvgIpc) is 2.71. The van der Waals surface area contributed by atoms with E-state index in [2.05, 4.69) is 4.98 Å². The van der Waals surface area contributed by atoms with E-state index in [-0.39, 0.29) is 17.1 Å². The van der Waals surface area contributed by atoms with Crippen molar-refractivity contribution in [3.05, 3.63) is 101 Å². The van der Waals surface area contributed by atoms with Crippen LogP contribution in [0, 0.1) is 11.6 Å².